The third kappa shape index (κ3) is 3.14. The average molecular weight is 277 g/mol. The first-order valence-corrected chi connectivity index (χ1v) is 6.64. The minimum atomic E-state index is 0.428. The summed E-state index contributed by atoms with van der Waals surface area (Å²) in [6.45, 7) is 0.708. The molecule has 21 heavy (non-hydrogen) atoms. The van der Waals surface area contributed by atoms with Gasteiger partial charge in [0.05, 0.1) is 5.56 Å². The molecule has 3 rings (SSSR count). The quantitative estimate of drug-likeness (QED) is 0.766. The molecule has 0 amide bonds. The summed E-state index contributed by atoms with van der Waals surface area (Å²) in [6.07, 6.45) is 3.36. The number of hydrogen-bond donors (Lipinski definition) is 2. The Morgan fingerprint density at radius 2 is 1.76 bits per heavy atom. The number of benzene rings is 1. The SMILES string of the molecule is Nc1ncccc1-c1nccc(NCc2ccccc2)n1. The van der Waals surface area contributed by atoms with Gasteiger partial charge in [-0.2, -0.15) is 0 Å². The van der Waals surface area contributed by atoms with Crippen molar-refractivity contribution >= 4 is 11.6 Å². The molecule has 1 aromatic carbocycles. The van der Waals surface area contributed by atoms with Crippen LogP contribution in [-0.4, -0.2) is 15.0 Å². The molecule has 0 fully saturated rings. The summed E-state index contributed by atoms with van der Waals surface area (Å²) < 4.78 is 0. The minimum absolute atomic E-state index is 0.428. The van der Waals surface area contributed by atoms with Crippen LogP contribution in [0, 0.1) is 0 Å². The summed E-state index contributed by atoms with van der Waals surface area (Å²) in [5.41, 5.74) is 7.79. The Balaban J connectivity index is 1.79. The normalized spacial score (nSPS) is 10.3. The lowest BCUT2D eigenvalue weighted by atomic mass is 10.2. The Kier molecular flexibility index (Phi) is 3.73. The zero-order chi connectivity index (χ0) is 14.5. The van der Waals surface area contributed by atoms with Crippen molar-refractivity contribution in [2.24, 2.45) is 0 Å². The molecule has 104 valence electrons. The van der Waals surface area contributed by atoms with Crippen molar-refractivity contribution in [2.45, 2.75) is 6.54 Å². The van der Waals surface area contributed by atoms with Crippen molar-refractivity contribution in [2.75, 3.05) is 11.1 Å². The van der Waals surface area contributed by atoms with E-state index in [0.29, 0.717) is 18.2 Å². The minimum Gasteiger partial charge on any atom is -0.383 e. The molecule has 2 aromatic heterocycles. The molecule has 0 saturated heterocycles. The van der Waals surface area contributed by atoms with E-state index in [9.17, 15) is 0 Å². The van der Waals surface area contributed by atoms with Gasteiger partial charge in [-0.05, 0) is 23.8 Å². The number of hydrogen-bond acceptors (Lipinski definition) is 5. The molecule has 3 aromatic rings. The summed E-state index contributed by atoms with van der Waals surface area (Å²) in [5, 5.41) is 3.28. The number of aromatic nitrogens is 3. The highest BCUT2D eigenvalue weighted by atomic mass is 15.0. The topological polar surface area (TPSA) is 76.7 Å². The molecule has 0 spiro atoms. The predicted octanol–water partition coefficient (Wildman–Crippen LogP) is 2.73. The molecule has 0 aliphatic rings. The first-order valence-electron chi connectivity index (χ1n) is 6.64. The maximum Gasteiger partial charge on any atom is 0.165 e. The first-order chi connectivity index (χ1) is 10.3. The highest BCUT2D eigenvalue weighted by molar-refractivity contribution is 5.68. The monoisotopic (exact) mass is 277 g/mol. The van der Waals surface area contributed by atoms with Crippen LogP contribution in [0.25, 0.3) is 11.4 Å². The molecule has 5 heteroatoms. The summed E-state index contributed by atoms with van der Waals surface area (Å²) in [4.78, 5) is 12.8. The van der Waals surface area contributed by atoms with Crippen molar-refractivity contribution in [3.05, 3.63) is 66.5 Å². The molecule has 2 heterocycles. The predicted molar refractivity (Wildman–Crippen MR) is 83.4 cm³/mol. The molecule has 0 atom stereocenters. The van der Waals surface area contributed by atoms with Gasteiger partial charge in [-0.15, -0.1) is 0 Å². The number of nitrogens with two attached hydrogens (primary N) is 1. The van der Waals surface area contributed by atoms with Crippen LogP contribution < -0.4 is 11.1 Å². The molecule has 0 saturated carbocycles. The van der Waals surface area contributed by atoms with Crippen LogP contribution in [0.3, 0.4) is 0 Å². The molecule has 5 nitrogen and oxygen atoms in total. The smallest absolute Gasteiger partial charge is 0.165 e. The summed E-state index contributed by atoms with van der Waals surface area (Å²) in [7, 11) is 0. The van der Waals surface area contributed by atoms with E-state index in [1.165, 1.54) is 5.56 Å². The largest absolute Gasteiger partial charge is 0.383 e. The van der Waals surface area contributed by atoms with Crippen LogP contribution >= 0.6 is 0 Å². The van der Waals surface area contributed by atoms with Gasteiger partial charge in [0.2, 0.25) is 0 Å². The van der Waals surface area contributed by atoms with Crippen molar-refractivity contribution in [3.8, 4) is 11.4 Å². The molecule has 3 N–H and O–H groups in total. The average Bonchev–Trinajstić information content (AvgIpc) is 2.55. The fourth-order valence-corrected chi connectivity index (χ4v) is 1.98. The van der Waals surface area contributed by atoms with E-state index in [1.54, 1.807) is 12.4 Å². The van der Waals surface area contributed by atoms with Gasteiger partial charge in [0.15, 0.2) is 5.82 Å². The van der Waals surface area contributed by atoms with E-state index in [2.05, 4.69) is 32.4 Å². The lowest BCUT2D eigenvalue weighted by Gasteiger charge is -2.08. The Bertz CT molecular complexity index is 727. The number of nitrogens with one attached hydrogen (secondary N) is 1. The van der Waals surface area contributed by atoms with Gasteiger partial charge in [0, 0.05) is 18.9 Å². The zero-order valence-electron chi connectivity index (χ0n) is 11.4. The van der Waals surface area contributed by atoms with Crippen molar-refractivity contribution in [1.29, 1.82) is 0 Å². The maximum atomic E-state index is 5.86. The molecule has 0 bridgehead atoms. The van der Waals surface area contributed by atoms with Crippen molar-refractivity contribution in [1.82, 2.24) is 15.0 Å². The number of rotatable bonds is 4. The lowest BCUT2D eigenvalue weighted by Crippen LogP contribution is -2.03. The second-order valence-electron chi connectivity index (χ2n) is 4.54. The van der Waals surface area contributed by atoms with E-state index in [0.717, 1.165) is 11.4 Å². The highest BCUT2D eigenvalue weighted by Crippen LogP contribution is 2.20. The molecular weight excluding hydrogens is 262 g/mol. The van der Waals surface area contributed by atoms with E-state index < -0.39 is 0 Å². The Morgan fingerprint density at radius 1 is 0.905 bits per heavy atom. The number of nitrogen functional groups attached to an aromatic ring is 1. The van der Waals surface area contributed by atoms with Crippen LogP contribution in [0.15, 0.2) is 60.9 Å². The summed E-state index contributed by atoms with van der Waals surface area (Å²) >= 11 is 0. The van der Waals surface area contributed by atoms with Crippen LogP contribution in [0.1, 0.15) is 5.56 Å². The molecule has 0 aliphatic heterocycles. The van der Waals surface area contributed by atoms with Gasteiger partial charge >= 0.3 is 0 Å². The van der Waals surface area contributed by atoms with Crippen LogP contribution in [0.5, 0.6) is 0 Å². The van der Waals surface area contributed by atoms with Gasteiger partial charge in [-0.3, -0.25) is 0 Å². The maximum absolute atomic E-state index is 5.86. The second-order valence-corrected chi connectivity index (χ2v) is 4.54. The van der Waals surface area contributed by atoms with Gasteiger partial charge in [0.1, 0.15) is 11.6 Å². The summed E-state index contributed by atoms with van der Waals surface area (Å²) in [5.74, 6) is 1.75. The first kappa shape index (κ1) is 13.1. The third-order valence-corrected chi connectivity index (χ3v) is 3.05. The molecule has 0 unspecified atom stereocenters. The van der Waals surface area contributed by atoms with Gasteiger partial charge in [0.25, 0.3) is 0 Å². The van der Waals surface area contributed by atoms with Crippen LogP contribution in [0.4, 0.5) is 11.6 Å². The Morgan fingerprint density at radius 3 is 2.57 bits per heavy atom. The van der Waals surface area contributed by atoms with E-state index in [4.69, 9.17) is 5.73 Å². The third-order valence-electron chi connectivity index (χ3n) is 3.05. The molecule has 0 aliphatic carbocycles. The highest BCUT2D eigenvalue weighted by Gasteiger charge is 2.06. The fraction of sp³-hybridized carbons (Fsp3) is 0.0625. The van der Waals surface area contributed by atoms with Gasteiger partial charge < -0.3 is 11.1 Å². The lowest BCUT2D eigenvalue weighted by molar-refractivity contribution is 1.08. The van der Waals surface area contributed by atoms with Crippen molar-refractivity contribution < 1.29 is 0 Å². The molecular formula is C16H15N5. The van der Waals surface area contributed by atoms with E-state index >= 15 is 0 Å². The van der Waals surface area contributed by atoms with Crippen LogP contribution in [0.2, 0.25) is 0 Å². The Hall–Kier alpha value is -2.95. The number of anilines is 2. The summed E-state index contributed by atoms with van der Waals surface area (Å²) in [6, 6.07) is 15.7. The zero-order valence-corrected chi connectivity index (χ0v) is 11.4. The standard InChI is InChI=1S/C16H15N5/c17-15-13(7-4-9-18-15)16-19-10-8-14(21-16)20-11-12-5-2-1-3-6-12/h1-10H,11H2,(H2,17,18)(H,19,20,21). The Labute approximate surface area is 122 Å². The van der Waals surface area contributed by atoms with E-state index in [1.807, 2.05) is 36.4 Å². The van der Waals surface area contributed by atoms with Crippen molar-refractivity contribution in [3.63, 3.8) is 0 Å². The molecule has 0 radical (unpaired) electrons. The van der Waals surface area contributed by atoms with Gasteiger partial charge in [-0.25, -0.2) is 15.0 Å². The van der Waals surface area contributed by atoms with Crippen LogP contribution in [-0.2, 0) is 6.54 Å². The number of nitrogens with zero attached hydrogens (tertiary/aromatic N) is 3. The number of pyridine rings is 1. The van der Waals surface area contributed by atoms with Gasteiger partial charge in [-0.1, -0.05) is 30.3 Å². The van der Waals surface area contributed by atoms with E-state index in [-0.39, 0.29) is 0 Å². The second kappa shape index (κ2) is 6.00. The fourth-order valence-electron chi connectivity index (χ4n) is 1.98.